The summed E-state index contributed by atoms with van der Waals surface area (Å²) in [6, 6.07) is 17.9. The van der Waals surface area contributed by atoms with Crippen molar-refractivity contribution in [3.8, 4) is 0 Å². The van der Waals surface area contributed by atoms with E-state index in [0.717, 1.165) is 9.13 Å². The van der Waals surface area contributed by atoms with Gasteiger partial charge in [-0.15, -0.1) is 5.56 Å². The summed E-state index contributed by atoms with van der Waals surface area (Å²) < 4.78 is 2.38. The molecule has 0 aliphatic carbocycles. The van der Waals surface area contributed by atoms with E-state index < -0.39 is 0 Å². The minimum absolute atomic E-state index is 0. The van der Waals surface area contributed by atoms with Gasteiger partial charge >= 0.3 is 22.8 Å². The Balaban J connectivity index is 0.000000344. The molecular formula is C16H16FeIN3O. The zero-order chi connectivity index (χ0) is 15.2. The number of hydrogen-bond acceptors (Lipinski definition) is 3. The van der Waals surface area contributed by atoms with Crippen molar-refractivity contribution in [3.05, 3.63) is 80.4 Å². The first kappa shape index (κ1) is 18.7. The van der Waals surface area contributed by atoms with Crippen molar-refractivity contribution in [1.29, 1.82) is 0 Å². The van der Waals surface area contributed by atoms with Crippen molar-refractivity contribution in [3.63, 3.8) is 0 Å². The number of nitrogen functional groups attached to an aromatic ring is 1. The summed E-state index contributed by atoms with van der Waals surface area (Å²) in [7, 11) is 0. The summed E-state index contributed by atoms with van der Waals surface area (Å²) >= 11 is 2.07. The molecule has 0 amide bonds. The maximum Gasteiger partial charge on any atom is 2.00 e. The minimum atomic E-state index is -0.313. The van der Waals surface area contributed by atoms with Gasteiger partial charge in [-0.25, -0.2) is 29.1 Å². The van der Waals surface area contributed by atoms with Gasteiger partial charge in [0.1, 0.15) is 5.82 Å². The van der Waals surface area contributed by atoms with Crippen LogP contribution in [0.3, 0.4) is 0 Å². The molecular weight excluding hydrogens is 433 g/mol. The third-order valence-corrected chi connectivity index (χ3v) is 3.91. The van der Waals surface area contributed by atoms with Gasteiger partial charge in [0, 0.05) is 12.2 Å². The van der Waals surface area contributed by atoms with Crippen LogP contribution in [-0.2, 0) is 17.1 Å². The normalized spacial score (nSPS) is 11.0. The van der Waals surface area contributed by atoms with Crippen molar-refractivity contribution in [2.24, 2.45) is 0 Å². The molecule has 1 heterocycles. The fourth-order valence-electron chi connectivity index (χ4n) is 1.88. The van der Waals surface area contributed by atoms with E-state index in [0.29, 0.717) is 0 Å². The van der Waals surface area contributed by atoms with E-state index in [1.165, 1.54) is 0 Å². The van der Waals surface area contributed by atoms with Gasteiger partial charge in [-0.2, -0.15) is 35.3 Å². The summed E-state index contributed by atoms with van der Waals surface area (Å²) in [6.07, 6.45) is 1.74. The van der Waals surface area contributed by atoms with Crippen molar-refractivity contribution in [1.82, 2.24) is 9.55 Å². The predicted molar refractivity (Wildman–Crippen MR) is 93.5 cm³/mol. The van der Waals surface area contributed by atoms with Crippen LogP contribution in [0.2, 0.25) is 0 Å². The monoisotopic (exact) mass is 449 g/mol. The Kier molecular flexibility index (Phi) is 7.58. The topological polar surface area (TPSA) is 60.9 Å². The molecule has 1 aromatic heterocycles. The van der Waals surface area contributed by atoms with Crippen LogP contribution in [0.25, 0.3) is 0 Å². The second kappa shape index (κ2) is 8.92. The Morgan fingerprint density at radius 1 is 1.27 bits per heavy atom. The third kappa shape index (κ3) is 4.83. The zero-order valence-electron chi connectivity index (χ0n) is 12.0. The number of anilines is 1. The van der Waals surface area contributed by atoms with Gasteiger partial charge in [0.15, 0.2) is 0 Å². The Morgan fingerprint density at radius 3 is 2.36 bits per heavy atom. The van der Waals surface area contributed by atoms with E-state index in [2.05, 4.69) is 27.6 Å². The number of nitrogens with zero attached hydrogens (tertiary/aromatic N) is 2. The second-order valence-corrected chi connectivity index (χ2v) is 5.68. The first-order valence-electron chi connectivity index (χ1n) is 6.52. The van der Waals surface area contributed by atoms with Crippen LogP contribution in [0.15, 0.2) is 65.6 Å². The van der Waals surface area contributed by atoms with Crippen LogP contribution in [0.4, 0.5) is 5.82 Å². The summed E-state index contributed by atoms with van der Waals surface area (Å²) in [5.41, 5.74) is 6.35. The van der Waals surface area contributed by atoms with Gasteiger partial charge < -0.3 is 10.3 Å². The molecule has 2 N–H and O–H groups in total. The van der Waals surface area contributed by atoms with Crippen LogP contribution in [0.5, 0.6) is 0 Å². The Bertz CT molecular complexity index is 703. The van der Waals surface area contributed by atoms with E-state index in [1.54, 1.807) is 10.8 Å². The molecule has 4 nitrogen and oxygen atoms in total. The summed E-state index contributed by atoms with van der Waals surface area (Å²) in [5, 5.41) is 0. The Hall–Kier alpha value is -1.37. The molecule has 3 aromatic rings. The molecule has 0 aliphatic rings. The minimum Gasteiger partial charge on any atom is -0.383 e. The van der Waals surface area contributed by atoms with Gasteiger partial charge in [-0.3, -0.25) is 0 Å². The van der Waals surface area contributed by atoms with E-state index >= 15 is 0 Å². The first-order chi connectivity index (χ1) is 10.1. The molecule has 3 rings (SSSR count). The molecule has 0 spiro atoms. The van der Waals surface area contributed by atoms with Gasteiger partial charge in [0.05, 0.1) is 3.57 Å². The van der Waals surface area contributed by atoms with Crippen molar-refractivity contribution in [2.75, 3.05) is 5.73 Å². The summed E-state index contributed by atoms with van der Waals surface area (Å²) in [6.45, 7) is 1.96. The summed E-state index contributed by atoms with van der Waals surface area (Å²) in [4.78, 5) is 15.5. The van der Waals surface area contributed by atoms with E-state index in [-0.39, 0.29) is 34.6 Å². The van der Waals surface area contributed by atoms with Gasteiger partial charge in [0.25, 0.3) is 0 Å². The fourth-order valence-corrected chi connectivity index (χ4v) is 2.30. The van der Waals surface area contributed by atoms with Crippen LogP contribution >= 0.6 is 22.6 Å². The summed E-state index contributed by atoms with van der Waals surface area (Å²) in [5.74, 6) is 0.288. The molecule has 0 saturated carbocycles. The number of hydrogen-bond donors (Lipinski definition) is 1. The average Bonchev–Trinajstić information content (AvgIpc) is 3.17. The van der Waals surface area contributed by atoms with Crippen LogP contribution in [0.1, 0.15) is 18.5 Å². The fraction of sp³-hybridized carbons (Fsp3) is 0.125. The molecule has 2 aromatic carbocycles. The largest absolute Gasteiger partial charge is 2.00 e. The average molecular weight is 449 g/mol. The van der Waals surface area contributed by atoms with Crippen molar-refractivity contribution in [2.45, 2.75) is 13.0 Å². The Morgan fingerprint density at radius 2 is 1.86 bits per heavy atom. The quantitative estimate of drug-likeness (QED) is 0.372. The molecule has 116 valence electrons. The van der Waals surface area contributed by atoms with Gasteiger partial charge in [0.2, 0.25) is 0 Å². The van der Waals surface area contributed by atoms with Crippen molar-refractivity contribution >= 4 is 28.4 Å². The maximum absolute atomic E-state index is 11.7. The standard InChI is InChI=1S/C11H11IN3O.C5H5.Fe/c1-7(8-4-2-3-5-8)15-6-9(12)10(13)14-11(15)16;1-2-4-5-3-1;/h2-7H,1H3,(H2,13,14,16);1-5H;/q2*-1;+2. The van der Waals surface area contributed by atoms with Crippen LogP contribution < -0.4 is 11.4 Å². The first-order valence-corrected chi connectivity index (χ1v) is 7.60. The number of rotatable bonds is 2. The Labute approximate surface area is 153 Å². The van der Waals surface area contributed by atoms with E-state index in [4.69, 9.17) is 5.73 Å². The number of halogens is 1. The maximum atomic E-state index is 11.7. The number of aromatic nitrogens is 2. The second-order valence-electron chi connectivity index (χ2n) is 4.52. The SMILES string of the molecule is CC([c-]1cccc1)n1cc(I)c(N)nc1=O.[Fe+2].c1cc[cH-]c1. The molecule has 0 saturated heterocycles. The third-order valence-electron chi connectivity index (χ3n) is 3.08. The molecule has 0 radical (unpaired) electrons. The molecule has 1 atom stereocenters. The molecule has 1 unspecified atom stereocenters. The predicted octanol–water partition coefficient (Wildman–Crippen LogP) is 3.16. The molecule has 6 heteroatoms. The van der Waals surface area contributed by atoms with Gasteiger partial charge in [-0.05, 0) is 22.6 Å². The zero-order valence-corrected chi connectivity index (χ0v) is 15.2. The molecule has 0 aliphatic heterocycles. The molecule has 22 heavy (non-hydrogen) atoms. The smallest absolute Gasteiger partial charge is 0.383 e. The van der Waals surface area contributed by atoms with E-state index in [1.807, 2.05) is 61.5 Å². The van der Waals surface area contributed by atoms with Crippen LogP contribution in [-0.4, -0.2) is 9.55 Å². The van der Waals surface area contributed by atoms with Gasteiger partial charge in [-0.1, -0.05) is 6.92 Å². The van der Waals surface area contributed by atoms with Crippen molar-refractivity contribution < 1.29 is 17.1 Å². The van der Waals surface area contributed by atoms with E-state index in [9.17, 15) is 4.79 Å². The molecule has 0 fully saturated rings. The molecule has 0 bridgehead atoms. The number of nitrogens with two attached hydrogens (primary N) is 1. The van der Waals surface area contributed by atoms with Crippen LogP contribution in [0, 0.1) is 3.57 Å².